The molecule has 1 unspecified atom stereocenters. The third-order valence-electron chi connectivity index (χ3n) is 3.81. The van der Waals surface area contributed by atoms with Gasteiger partial charge >= 0.3 is 0 Å². The van der Waals surface area contributed by atoms with Crippen LogP contribution in [0.25, 0.3) is 11.1 Å². The molecule has 1 aromatic heterocycles. The van der Waals surface area contributed by atoms with E-state index < -0.39 is 17.7 Å². The number of nitrogens with two attached hydrogens (primary N) is 1. The van der Waals surface area contributed by atoms with Crippen LogP contribution in [0.3, 0.4) is 0 Å². The Kier molecular flexibility index (Phi) is 4.76. The molecule has 0 amide bonds. The van der Waals surface area contributed by atoms with Crippen LogP contribution in [0, 0.1) is 5.82 Å². The maximum atomic E-state index is 13.6. The molecule has 0 fully saturated rings. The summed E-state index contributed by atoms with van der Waals surface area (Å²) >= 11 is 6.08. The summed E-state index contributed by atoms with van der Waals surface area (Å²) in [7, 11) is 0. The molecule has 0 aliphatic carbocycles. The first-order valence-corrected chi connectivity index (χ1v) is 7.99. The van der Waals surface area contributed by atoms with Gasteiger partial charge < -0.3 is 15.6 Å². The van der Waals surface area contributed by atoms with E-state index in [4.69, 9.17) is 22.1 Å². The van der Waals surface area contributed by atoms with Gasteiger partial charge in [0.1, 0.15) is 6.10 Å². The summed E-state index contributed by atoms with van der Waals surface area (Å²) in [6.07, 6.45) is 0.924. The first-order valence-electron chi connectivity index (χ1n) is 7.62. The number of nitrogen functional groups attached to an aromatic ring is 1. The minimum Gasteiger partial charge on any atom is -0.504 e. The number of halogens is 2. The predicted octanol–water partition coefficient (Wildman–Crippen LogP) is 4.97. The Labute approximate surface area is 149 Å². The number of benzene rings is 2. The van der Waals surface area contributed by atoms with E-state index in [1.54, 1.807) is 19.2 Å². The lowest BCUT2D eigenvalue weighted by molar-refractivity contribution is 0.221. The van der Waals surface area contributed by atoms with Crippen molar-refractivity contribution in [3.8, 4) is 22.6 Å². The number of hydrogen-bond acceptors (Lipinski definition) is 4. The molecule has 0 aliphatic rings. The second kappa shape index (κ2) is 6.99. The van der Waals surface area contributed by atoms with Crippen molar-refractivity contribution in [3.63, 3.8) is 0 Å². The lowest BCUT2D eigenvalue weighted by Crippen LogP contribution is -2.07. The Bertz CT molecular complexity index is 903. The van der Waals surface area contributed by atoms with Crippen molar-refractivity contribution in [2.24, 2.45) is 0 Å². The van der Waals surface area contributed by atoms with E-state index >= 15 is 0 Å². The number of aromatic nitrogens is 1. The molecule has 3 rings (SSSR count). The quantitative estimate of drug-likeness (QED) is 0.691. The molecule has 2 aromatic carbocycles. The van der Waals surface area contributed by atoms with E-state index in [0.29, 0.717) is 5.75 Å². The van der Waals surface area contributed by atoms with Crippen molar-refractivity contribution in [1.29, 1.82) is 0 Å². The minimum atomic E-state index is -0.765. The van der Waals surface area contributed by atoms with Gasteiger partial charge in [-0.05, 0) is 30.7 Å². The van der Waals surface area contributed by atoms with Crippen LogP contribution in [0.4, 0.5) is 10.2 Å². The molecule has 0 bridgehead atoms. The zero-order valence-corrected chi connectivity index (χ0v) is 14.2. The summed E-state index contributed by atoms with van der Waals surface area (Å²) < 4.78 is 19.4. The number of ether oxygens (including phenoxy) is 1. The minimum absolute atomic E-state index is 0.159. The third kappa shape index (κ3) is 3.51. The highest BCUT2D eigenvalue weighted by Crippen LogP contribution is 2.37. The second-order valence-electron chi connectivity index (χ2n) is 5.52. The number of rotatable bonds is 4. The molecule has 0 aliphatic heterocycles. The van der Waals surface area contributed by atoms with E-state index in [1.165, 1.54) is 6.07 Å². The maximum Gasteiger partial charge on any atom is 0.166 e. The van der Waals surface area contributed by atoms with Gasteiger partial charge in [0, 0.05) is 11.8 Å². The van der Waals surface area contributed by atoms with Crippen molar-refractivity contribution in [1.82, 2.24) is 4.98 Å². The highest BCUT2D eigenvalue weighted by atomic mass is 35.5. The number of pyridine rings is 1. The predicted molar refractivity (Wildman–Crippen MR) is 96.2 cm³/mol. The first-order chi connectivity index (χ1) is 12.0. The first kappa shape index (κ1) is 17.0. The average Bonchev–Trinajstić information content (AvgIpc) is 2.61. The van der Waals surface area contributed by atoms with Gasteiger partial charge in [-0.15, -0.1) is 0 Å². The molecule has 25 heavy (non-hydrogen) atoms. The van der Waals surface area contributed by atoms with Crippen LogP contribution in [0.5, 0.6) is 11.5 Å². The summed E-state index contributed by atoms with van der Waals surface area (Å²) in [4.78, 5) is 4.15. The Balaban J connectivity index is 1.94. The van der Waals surface area contributed by atoms with Crippen LogP contribution >= 0.6 is 11.6 Å². The van der Waals surface area contributed by atoms with Crippen molar-refractivity contribution >= 4 is 17.4 Å². The van der Waals surface area contributed by atoms with Gasteiger partial charge in [-0.1, -0.05) is 41.9 Å². The standard InChI is InChI=1S/C19H16ClFN2O2/c1-11(17-14(20)7-8-15(21)18(17)24)25-16-9-13(10-23-19(16)22)12-5-3-2-4-6-12/h2-11,24H,1H3,(H2,22,23). The average molecular weight is 359 g/mol. The molecule has 6 heteroatoms. The molecule has 0 saturated heterocycles. The van der Waals surface area contributed by atoms with Gasteiger partial charge in [0.25, 0.3) is 0 Å². The summed E-state index contributed by atoms with van der Waals surface area (Å²) in [5.41, 5.74) is 7.84. The fraction of sp³-hybridized carbons (Fsp3) is 0.105. The van der Waals surface area contributed by atoms with Crippen molar-refractivity contribution < 1.29 is 14.2 Å². The Morgan fingerprint density at radius 2 is 1.88 bits per heavy atom. The molecule has 0 saturated carbocycles. The third-order valence-corrected chi connectivity index (χ3v) is 4.14. The molecule has 4 nitrogen and oxygen atoms in total. The van der Waals surface area contributed by atoms with Crippen LogP contribution in [0.15, 0.2) is 54.7 Å². The van der Waals surface area contributed by atoms with Crippen LogP contribution in [-0.2, 0) is 0 Å². The normalized spacial score (nSPS) is 12.0. The summed E-state index contributed by atoms with van der Waals surface area (Å²) in [6, 6.07) is 13.8. The van der Waals surface area contributed by atoms with Crippen LogP contribution in [0.2, 0.25) is 5.02 Å². The molecular formula is C19H16ClFN2O2. The number of hydrogen-bond donors (Lipinski definition) is 2. The lowest BCUT2D eigenvalue weighted by Gasteiger charge is -2.19. The molecule has 3 N–H and O–H groups in total. The smallest absolute Gasteiger partial charge is 0.166 e. The molecule has 3 aromatic rings. The monoisotopic (exact) mass is 358 g/mol. The summed E-state index contributed by atoms with van der Waals surface area (Å²) in [5, 5.41) is 10.1. The molecule has 1 atom stereocenters. The van der Waals surface area contributed by atoms with Crippen LogP contribution < -0.4 is 10.5 Å². The van der Waals surface area contributed by atoms with E-state index in [-0.39, 0.29) is 16.4 Å². The van der Waals surface area contributed by atoms with Gasteiger partial charge in [-0.3, -0.25) is 0 Å². The van der Waals surface area contributed by atoms with Gasteiger partial charge in [-0.2, -0.15) is 0 Å². The van der Waals surface area contributed by atoms with E-state index in [9.17, 15) is 9.50 Å². The fourth-order valence-corrected chi connectivity index (χ4v) is 2.84. The number of phenols is 1. The highest BCUT2D eigenvalue weighted by Gasteiger charge is 2.20. The SMILES string of the molecule is CC(Oc1cc(-c2ccccc2)cnc1N)c1c(Cl)ccc(F)c1O. The zero-order chi connectivity index (χ0) is 18.0. The van der Waals surface area contributed by atoms with E-state index in [2.05, 4.69) is 4.98 Å². The summed E-state index contributed by atoms with van der Waals surface area (Å²) in [5.74, 6) is -0.781. The highest BCUT2D eigenvalue weighted by molar-refractivity contribution is 6.31. The lowest BCUT2D eigenvalue weighted by atomic mass is 10.1. The maximum absolute atomic E-state index is 13.6. The van der Waals surface area contributed by atoms with Crippen LogP contribution in [-0.4, -0.2) is 10.1 Å². The van der Waals surface area contributed by atoms with Crippen molar-refractivity contribution in [3.05, 3.63) is 71.1 Å². The van der Waals surface area contributed by atoms with E-state index in [0.717, 1.165) is 17.2 Å². The zero-order valence-electron chi connectivity index (χ0n) is 13.4. The van der Waals surface area contributed by atoms with E-state index in [1.807, 2.05) is 30.3 Å². The van der Waals surface area contributed by atoms with Crippen LogP contribution in [0.1, 0.15) is 18.6 Å². The topological polar surface area (TPSA) is 68.4 Å². The molecule has 0 spiro atoms. The Hall–Kier alpha value is -2.79. The largest absolute Gasteiger partial charge is 0.504 e. The molecule has 0 radical (unpaired) electrons. The van der Waals surface area contributed by atoms with Gasteiger partial charge in [0.2, 0.25) is 0 Å². The Morgan fingerprint density at radius 3 is 2.60 bits per heavy atom. The number of phenolic OH excluding ortho intramolecular Hbond substituents is 1. The van der Waals surface area contributed by atoms with Crippen molar-refractivity contribution in [2.75, 3.05) is 5.73 Å². The molecular weight excluding hydrogens is 343 g/mol. The molecule has 128 valence electrons. The number of aromatic hydroxyl groups is 1. The molecule has 1 heterocycles. The van der Waals surface area contributed by atoms with Gasteiger partial charge in [0.15, 0.2) is 23.1 Å². The number of anilines is 1. The Morgan fingerprint density at radius 1 is 1.16 bits per heavy atom. The van der Waals surface area contributed by atoms with Gasteiger partial charge in [0.05, 0.1) is 10.6 Å². The number of nitrogens with zero attached hydrogens (tertiary/aromatic N) is 1. The van der Waals surface area contributed by atoms with Gasteiger partial charge in [-0.25, -0.2) is 9.37 Å². The van der Waals surface area contributed by atoms with Crippen molar-refractivity contribution in [2.45, 2.75) is 13.0 Å². The summed E-state index contributed by atoms with van der Waals surface area (Å²) in [6.45, 7) is 1.65. The fourth-order valence-electron chi connectivity index (χ4n) is 2.53. The second-order valence-corrected chi connectivity index (χ2v) is 5.93.